The topological polar surface area (TPSA) is 69.6 Å². The van der Waals surface area contributed by atoms with Gasteiger partial charge in [-0.1, -0.05) is 0 Å². The molecule has 0 saturated carbocycles. The minimum atomic E-state index is -0.832. The largest absolute Gasteiger partial charge is 0.480 e. The van der Waals surface area contributed by atoms with Crippen LogP contribution in [0.3, 0.4) is 0 Å². The molecule has 13 heavy (non-hydrogen) atoms. The molecule has 1 rings (SSSR count). The van der Waals surface area contributed by atoms with E-state index in [9.17, 15) is 9.59 Å². The first-order valence-electron chi connectivity index (χ1n) is 4.32. The highest BCUT2D eigenvalue weighted by atomic mass is 16.4. The van der Waals surface area contributed by atoms with Gasteiger partial charge in [0.2, 0.25) is 5.91 Å². The van der Waals surface area contributed by atoms with Gasteiger partial charge in [0.1, 0.15) is 6.04 Å². The van der Waals surface area contributed by atoms with Crippen molar-refractivity contribution in [2.75, 3.05) is 20.1 Å². The van der Waals surface area contributed by atoms with Gasteiger partial charge in [-0.2, -0.15) is 0 Å². The maximum absolute atomic E-state index is 11.0. The van der Waals surface area contributed by atoms with Gasteiger partial charge in [-0.05, 0) is 19.4 Å². The smallest absolute Gasteiger partial charge is 0.320 e. The first-order chi connectivity index (χ1) is 6.15. The molecular weight excluding hydrogens is 172 g/mol. The second-order valence-corrected chi connectivity index (χ2v) is 3.14. The maximum Gasteiger partial charge on any atom is 0.320 e. The zero-order valence-corrected chi connectivity index (χ0v) is 7.62. The lowest BCUT2D eigenvalue weighted by atomic mass is 10.2. The van der Waals surface area contributed by atoms with Crippen LogP contribution in [0.4, 0.5) is 0 Å². The predicted octanol–water partition coefficient (Wildman–Crippen LogP) is -0.719. The Hall–Kier alpha value is -1.10. The molecule has 1 amide bonds. The minimum Gasteiger partial charge on any atom is -0.480 e. The van der Waals surface area contributed by atoms with Crippen molar-refractivity contribution in [1.29, 1.82) is 0 Å². The lowest BCUT2D eigenvalue weighted by molar-refractivity contribution is -0.142. The fraction of sp³-hybridized carbons (Fsp3) is 0.750. The molecule has 0 aliphatic carbocycles. The Morgan fingerprint density at radius 1 is 1.62 bits per heavy atom. The molecule has 0 bridgehead atoms. The predicted molar refractivity (Wildman–Crippen MR) is 46.3 cm³/mol. The molecule has 1 aliphatic heterocycles. The summed E-state index contributed by atoms with van der Waals surface area (Å²) in [5.74, 6) is -0.963. The van der Waals surface area contributed by atoms with Crippen molar-refractivity contribution >= 4 is 11.9 Å². The summed E-state index contributed by atoms with van der Waals surface area (Å²) in [4.78, 5) is 23.4. The Morgan fingerprint density at radius 3 is 2.85 bits per heavy atom. The van der Waals surface area contributed by atoms with E-state index < -0.39 is 12.0 Å². The summed E-state index contributed by atoms with van der Waals surface area (Å²) in [6.45, 7) is 0.887. The fourth-order valence-corrected chi connectivity index (χ4v) is 1.56. The first kappa shape index (κ1) is 9.98. The molecular formula is C8H14N2O3. The third-order valence-electron chi connectivity index (χ3n) is 2.27. The number of aliphatic carboxylic acids is 1. The molecule has 0 unspecified atom stereocenters. The summed E-state index contributed by atoms with van der Waals surface area (Å²) >= 11 is 0. The maximum atomic E-state index is 11.0. The Bertz CT molecular complexity index is 217. The van der Waals surface area contributed by atoms with Crippen LogP contribution < -0.4 is 5.32 Å². The molecule has 0 aromatic heterocycles. The molecule has 0 aromatic rings. The van der Waals surface area contributed by atoms with Crippen LogP contribution in [0.5, 0.6) is 0 Å². The summed E-state index contributed by atoms with van der Waals surface area (Å²) < 4.78 is 0. The quantitative estimate of drug-likeness (QED) is 0.610. The number of carboxylic acids is 1. The number of hydrogen-bond donors (Lipinski definition) is 2. The van der Waals surface area contributed by atoms with E-state index in [1.807, 2.05) is 0 Å². The highest BCUT2D eigenvalue weighted by Gasteiger charge is 2.31. The van der Waals surface area contributed by atoms with E-state index in [1.54, 1.807) is 11.9 Å². The molecule has 1 saturated heterocycles. The van der Waals surface area contributed by atoms with Crippen molar-refractivity contribution in [3.8, 4) is 0 Å². The summed E-state index contributed by atoms with van der Waals surface area (Å²) in [5, 5.41) is 11.3. The van der Waals surface area contributed by atoms with Crippen LogP contribution in [0, 0.1) is 0 Å². The summed E-state index contributed by atoms with van der Waals surface area (Å²) in [6.07, 6.45) is 1.50. The molecule has 5 heteroatoms. The Balaban J connectivity index is 2.48. The van der Waals surface area contributed by atoms with Gasteiger partial charge in [-0.15, -0.1) is 0 Å². The van der Waals surface area contributed by atoms with Gasteiger partial charge in [-0.25, -0.2) is 0 Å². The third kappa shape index (κ3) is 2.42. The molecule has 0 radical (unpaired) electrons. The van der Waals surface area contributed by atoms with Crippen molar-refractivity contribution in [2.45, 2.75) is 18.9 Å². The van der Waals surface area contributed by atoms with Crippen LogP contribution >= 0.6 is 0 Å². The van der Waals surface area contributed by atoms with Crippen LogP contribution in [0.1, 0.15) is 12.8 Å². The zero-order chi connectivity index (χ0) is 9.84. The second-order valence-electron chi connectivity index (χ2n) is 3.14. The zero-order valence-electron chi connectivity index (χ0n) is 7.62. The van der Waals surface area contributed by atoms with Crippen LogP contribution in [0.2, 0.25) is 0 Å². The van der Waals surface area contributed by atoms with Gasteiger partial charge >= 0.3 is 5.97 Å². The third-order valence-corrected chi connectivity index (χ3v) is 2.27. The average Bonchev–Trinajstić information content (AvgIpc) is 2.52. The van der Waals surface area contributed by atoms with Gasteiger partial charge in [0.25, 0.3) is 0 Å². The van der Waals surface area contributed by atoms with Crippen molar-refractivity contribution in [1.82, 2.24) is 10.2 Å². The molecule has 1 aliphatic rings. The first-order valence-corrected chi connectivity index (χ1v) is 4.32. The van der Waals surface area contributed by atoms with E-state index in [-0.39, 0.29) is 12.5 Å². The normalized spacial score (nSPS) is 23.0. The Kier molecular flexibility index (Phi) is 3.25. The monoisotopic (exact) mass is 186 g/mol. The van der Waals surface area contributed by atoms with E-state index in [0.29, 0.717) is 13.0 Å². The van der Waals surface area contributed by atoms with E-state index in [0.717, 1.165) is 6.42 Å². The van der Waals surface area contributed by atoms with Gasteiger partial charge in [0.05, 0.1) is 6.54 Å². The van der Waals surface area contributed by atoms with E-state index >= 15 is 0 Å². The van der Waals surface area contributed by atoms with E-state index in [1.165, 1.54) is 0 Å². The number of carbonyl (C=O) groups is 2. The second kappa shape index (κ2) is 4.23. The molecule has 1 heterocycles. The number of nitrogens with one attached hydrogen (secondary N) is 1. The number of amides is 1. The van der Waals surface area contributed by atoms with Gasteiger partial charge in [0.15, 0.2) is 0 Å². The van der Waals surface area contributed by atoms with Crippen LogP contribution in [-0.2, 0) is 9.59 Å². The summed E-state index contributed by atoms with van der Waals surface area (Å²) in [7, 11) is 1.55. The lowest BCUT2D eigenvalue weighted by Gasteiger charge is -2.19. The van der Waals surface area contributed by atoms with Crippen LogP contribution in [-0.4, -0.2) is 48.1 Å². The molecule has 0 aromatic carbocycles. The lowest BCUT2D eigenvalue weighted by Crippen LogP contribution is -2.42. The molecule has 1 atom stereocenters. The van der Waals surface area contributed by atoms with Crippen molar-refractivity contribution in [3.05, 3.63) is 0 Å². The van der Waals surface area contributed by atoms with Crippen molar-refractivity contribution in [2.24, 2.45) is 0 Å². The standard InChI is InChI=1S/C8H14N2O3/c1-9-7(11)5-10-4-2-3-6(10)8(12)13/h6H,2-5H2,1H3,(H,9,11)(H,12,13)/t6-/m0/s1. The molecule has 1 fully saturated rings. The van der Waals surface area contributed by atoms with Gasteiger partial charge < -0.3 is 10.4 Å². The number of likely N-dealkylation sites (N-methyl/N-ethyl adjacent to an activating group) is 1. The van der Waals surface area contributed by atoms with E-state index in [4.69, 9.17) is 5.11 Å². The Labute approximate surface area is 76.7 Å². The number of carboxylic acid groups (broad SMARTS) is 1. The van der Waals surface area contributed by atoms with Gasteiger partial charge in [-0.3, -0.25) is 14.5 Å². The highest BCUT2D eigenvalue weighted by molar-refractivity contribution is 5.79. The molecule has 5 nitrogen and oxygen atoms in total. The van der Waals surface area contributed by atoms with Crippen molar-refractivity contribution < 1.29 is 14.7 Å². The SMILES string of the molecule is CNC(=O)CN1CCC[C@H]1C(=O)O. The molecule has 74 valence electrons. The van der Waals surface area contributed by atoms with E-state index in [2.05, 4.69) is 5.32 Å². The minimum absolute atomic E-state index is 0.131. The number of hydrogen-bond acceptors (Lipinski definition) is 3. The number of likely N-dealkylation sites (tertiary alicyclic amines) is 1. The number of rotatable bonds is 3. The number of nitrogens with zero attached hydrogens (tertiary/aromatic N) is 1. The Morgan fingerprint density at radius 2 is 2.31 bits per heavy atom. The van der Waals surface area contributed by atoms with Gasteiger partial charge in [0, 0.05) is 7.05 Å². The molecule has 0 spiro atoms. The molecule has 2 N–H and O–H groups in total. The highest BCUT2D eigenvalue weighted by Crippen LogP contribution is 2.16. The van der Waals surface area contributed by atoms with Crippen LogP contribution in [0.15, 0.2) is 0 Å². The summed E-state index contributed by atoms with van der Waals surface area (Å²) in [5.41, 5.74) is 0. The summed E-state index contributed by atoms with van der Waals surface area (Å²) in [6, 6.07) is -0.475. The number of carbonyl (C=O) groups excluding carboxylic acids is 1. The van der Waals surface area contributed by atoms with Crippen molar-refractivity contribution in [3.63, 3.8) is 0 Å². The fourth-order valence-electron chi connectivity index (χ4n) is 1.56. The average molecular weight is 186 g/mol. The van der Waals surface area contributed by atoms with Crippen LogP contribution in [0.25, 0.3) is 0 Å².